The van der Waals surface area contributed by atoms with E-state index in [0.29, 0.717) is 5.25 Å². The number of nitrogens with zero attached hydrogens (tertiary/aromatic N) is 1. The molecule has 1 aliphatic carbocycles. The number of nitrogens with two attached hydrogens (primary N) is 1. The highest BCUT2D eigenvalue weighted by atomic mass is 32.2. The second-order valence-electron chi connectivity index (χ2n) is 6.18. The van der Waals surface area contributed by atoms with Gasteiger partial charge in [-0.15, -0.1) is 11.3 Å². The summed E-state index contributed by atoms with van der Waals surface area (Å²) in [5.41, 5.74) is 7.93. The standard InChI is InChI=1S/C16H20N2OS2/c17-11-3-4-13-14(9-11)21-15(18-13)20-12-5-8-19-16(10-12)6-1-2-7-16/h3-4,9,12H,1-2,5-8,10,17H2. The lowest BCUT2D eigenvalue weighted by atomic mass is 9.92. The molecule has 2 aromatic rings. The van der Waals surface area contributed by atoms with Gasteiger partial charge in [-0.25, -0.2) is 4.98 Å². The van der Waals surface area contributed by atoms with Crippen LogP contribution in [0.1, 0.15) is 38.5 Å². The third-order valence-electron chi connectivity index (χ3n) is 4.62. The van der Waals surface area contributed by atoms with Crippen LogP contribution in [-0.4, -0.2) is 22.4 Å². The molecule has 1 unspecified atom stereocenters. The Kier molecular flexibility index (Phi) is 3.59. The van der Waals surface area contributed by atoms with Crippen LogP contribution in [0.5, 0.6) is 0 Å². The summed E-state index contributed by atoms with van der Waals surface area (Å²) in [4.78, 5) is 4.75. The van der Waals surface area contributed by atoms with E-state index in [1.807, 2.05) is 30.0 Å². The van der Waals surface area contributed by atoms with Crippen molar-refractivity contribution < 1.29 is 4.74 Å². The molecule has 1 spiro atoms. The molecule has 0 bridgehead atoms. The van der Waals surface area contributed by atoms with E-state index in [-0.39, 0.29) is 5.60 Å². The summed E-state index contributed by atoms with van der Waals surface area (Å²) in [5, 5.41) is 0.648. The van der Waals surface area contributed by atoms with E-state index >= 15 is 0 Å². The van der Waals surface area contributed by atoms with Crippen LogP contribution in [0.25, 0.3) is 10.2 Å². The third kappa shape index (κ3) is 2.79. The monoisotopic (exact) mass is 320 g/mol. The summed E-state index contributed by atoms with van der Waals surface area (Å²) in [6, 6.07) is 5.98. The van der Waals surface area contributed by atoms with Crippen LogP contribution in [-0.2, 0) is 4.74 Å². The molecular formula is C16H20N2OS2. The maximum absolute atomic E-state index is 6.12. The fourth-order valence-electron chi connectivity index (χ4n) is 3.56. The topological polar surface area (TPSA) is 48.1 Å². The largest absolute Gasteiger partial charge is 0.399 e. The number of hydrogen-bond acceptors (Lipinski definition) is 5. The SMILES string of the molecule is Nc1ccc2nc(SC3CCOC4(CCCC4)C3)sc2c1. The Morgan fingerprint density at radius 2 is 2.19 bits per heavy atom. The van der Waals surface area contributed by atoms with Crippen molar-refractivity contribution in [3.05, 3.63) is 18.2 Å². The number of hydrogen-bond donors (Lipinski definition) is 1. The van der Waals surface area contributed by atoms with Crippen LogP contribution >= 0.6 is 23.1 Å². The van der Waals surface area contributed by atoms with Gasteiger partial charge in [-0.1, -0.05) is 24.6 Å². The molecule has 21 heavy (non-hydrogen) atoms. The molecule has 4 rings (SSSR count). The molecule has 112 valence electrons. The molecule has 1 saturated carbocycles. The first kappa shape index (κ1) is 13.9. The predicted octanol–water partition coefficient (Wildman–Crippen LogP) is 4.46. The Bertz CT molecular complexity index is 649. The lowest BCUT2D eigenvalue weighted by Gasteiger charge is -2.37. The molecule has 2 N–H and O–H groups in total. The minimum Gasteiger partial charge on any atom is -0.399 e. The van der Waals surface area contributed by atoms with Gasteiger partial charge in [-0.2, -0.15) is 0 Å². The molecule has 2 aliphatic rings. The molecule has 3 nitrogen and oxygen atoms in total. The van der Waals surface area contributed by atoms with Gasteiger partial charge < -0.3 is 10.5 Å². The highest BCUT2D eigenvalue weighted by Crippen LogP contribution is 2.45. The van der Waals surface area contributed by atoms with Gasteiger partial charge in [0.2, 0.25) is 0 Å². The number of nitrogen functional groups attached to an aromatic ring is 1. The van der Waals surface area contributed by atoms with Gasteiger partial charge in [0.1, 0.15) is 0 Å². The normalized spacial score (nSPS) is 24.9. The van der Waals surface area contributed by atoms with Gasteiger partial charge in [-0.05, 0) is 43.9 Å². The molecule has 1 aromatic carbocycles. The highest BCUT2D eigenvalue weighted by Gasteiger charge is 2.40. The zero-order valence-electron chi connectivity index (χ0n) is 12.0. The summed E-state index contributed by atoms with van der Waals surface area (Å²) in [5.74, 6) is 0. The molecule has 0 radical (unpaired) electrons. The average Bonchev–Trinajstić information content (AvgIpc) is 3.05. The third-order valence-corrected chi connectivity index (χ3v) is 7.00. The number of benzene rings is 1. The molecular weight excluding hydrogens is 300 g/mol. The maximum atomic E-state index is 6.12. The van der Waals surface area contributed by atoms with Crippen molar-refractivity contribution in [1.82, 2.24) is 4.98 Å². The number of thioether (sulfide) groups is 1. The Balaban J connectivity index is 1.51. The van der Waals surface area contributed by atoms with E-state index in [0.717, 1.165) is 24.2 Å². The van der Waals surface area contributed by atoms with E-state index in [1.165, 1.54) is 41.1 Å². The lowest BCUT2D eigenvalue weighted by Crippen LogP contribution is -2.38. The van der Waals surface area contributed by atoms with Gasteiger partial charge >= 0.3 is 0 Å². The first-order chi connectivity index (χ1) is 10.2. The fourth-order valence-corrected chi connectivity index (χ4v) is 6.22. The Labute approximate surface area is 133 Å². The summed E-state index contributed by atoms with van der Waals surface area (Å²) in [6.45, 7) is 0.912. The molecule has 0 amide bonds. The van der Waals surface area contributed by atoms with Crippen molar-refractivity contribution in [3.63, 3.8) is 0 Å². The zero-order chi connectivity index (χ0) is 14.3. The van der Waals surface area contributed by atoms with Gasteiger partial charge in [-0.3, -0.25) is 0 Å². The van der Waals surface area contributed by atoms with Crippen molar-refractivity contribution in [3.8, 4) is 0 Å². The van der Waals surface area contributed by atoms with Gasteiger partial charge in [0, 0.05) is 17.5 Å². The minimum absolute atomic E-state index is 0.191. The summed E-state index contributed by atoms with van der Waals surface area (Å²) >= 11 is 3.71. The Hall–Kier alpha value is -0.780. The van der Waals surface area contributed by atoms with Crippen molar-refractivity contribution in [2.75, 3.05) is 12.3 Å². The number of ether oxygens (including phenoxy) is 1. The van der Waals surface area contributed by atoms with Crippen molar-refractivity contribution in [2.24, 2.45) is 0 Å². The van der Waals surface area contributed by atoms with Gasteiger partial charge in [0.05, 0.1) is 15.8 Å². The van der Waals surface area contributed by atoms with E-state index in [9.17, 15) is 0 Å². The van der Waals surface area contributed by atoms with Gasteiger partial charge in [0.15, 0.2) is 4.34 Å². The molecule has 1 aromatic heterocycles. The van der Waals surface area contributed by atoms with Crippen molar-refractivity contribution in [2.45, 2.75) is 53.7 Å². The van der Waals surface area contributed by atoms with Crippen LogP contribution in [0.3, 0.4) is 0 Å². The van der Waals surface area contributed by atoms with Crippen LogP contribution in [0, 0.1) is 0 Å². The van der Waals surface area contributed by atoms with E-state index in [1.54, 1.807) is 11.3 Å². The summed E-state index contributed by atoms with van der Waals surface area (Å²) in [6.07, 6.45) is 7.50. The van der Waals surface area contributed by atoms with Crippen LogP contribution in [0.2, 0.25) is 0 Å². The second kappa shape index (κ2) is 5.45. The van der Waals surface area contributed by atoms with Gasteiger partial charge in [0.25, 0.3) is 0 Å². The predicted molar refractivity (Wildman–Crippen MR) is 90.1 cm³/mol. The second-order valence-corrected chi connectivity index (χ2v) is 8.76. The number of fused-ring (bicyclic) bond motifs is 1. The van der Waals surface area contributed by atoms with Crippen molar-refractivity contribution >= 4 is 39.0 Å². The molecule has 1 saturated heterocycles. The van der Waals surface area contributed by atoms with E-state index in [4.69, 9.17) is 15.5 Å². The fraction of sp³-hybridized carbons (Fsp3) is 0.562. The highest BCUT2D eigenvalue weighted by molar-refractivity contribution is 8.01. The smallest absolute Gasteiger partial charge is 0.151 e. The van der Waals surface area contributed by atoms with Crippen LogP contribution in [0.15, 0.2) is 22.5 Å². The quantitative estimate of drug-likeness (QED) is 0.830. The minimum atomic E-state index is 0.191. The molecule has 2 heterocycles. The molecule has 1 aliphatic heterocycles. The van der Waals surface area contributed by atoms with E-state index in [2.05, 4.69) is 0 Å². The summed E-state index contributed by atoms with van der Waals surface area (Å²) < 4.78 is 8.49. The average molecular weight is 320 g/mol. The number of thiazole rings is 1. The number of aromatic nitrogens is 1. The van der Waals surface area contributed by atoms with E-state index < -0.39 is 0 Å². The molecule has 5 heteroatoms. The van der Waals surface area contributed by atoms with Crippen molar-refractivity contribution in [1.29, 1.82) is 0 Å². The Morgan fingerprint density at radius 1 is 1.33 bits per heavy atom. The van der Waals surface area contributed by atoms with Crippen LogP contribution in [0.4, 0.5) is 5.69 Å². The first-order valence-corrected chi connectivity index (χ1v) is 9.39. The molecule has 1 atom stereocenters. The lowest BCUT2D eigenvalue weighted by molar-refractivity contribution is -0.0703. The number of anilines is 1. The Morgan fingerprint density at radius 3 is 3.05 bits per heavy atom. The van der Waals surface area contributed by atoms with Crippen LogP contribution < -0.4 is 5.73 Å². The zero-order valence-corrected chi connectivity index (χ0v) is 13.6. The maximum Gasteiger partial charge on any atom is 0.151 e. The summed E-state index contributed by atoms with van der Waals surface area (Å²) in [7, 11) is 0. The first-order valence-electron chi connectivity index (χ1n) is 7.69. The number of rotatable bonds is 2. The molecule has 2 fully saturated rings.